The van der Waals surface area contributed by atoms with Gasteiger partial charge in [0.15, 0.2) is 0 Å². The van der Waals surface area contributed by atoms with Crippen molar-refractivity contribution in [3.63, 3.8) is 0 Å². The van der Waals surface area contributed by atoms with Gasteiger partial charge in [0.25, 0.3) is 0 Å². The molecule has 0 bridgehead atoms. The first kappa shape index (κ1) is 11.2. The number of rotatable bonds is 2. The summed E-state index contributed by atoms with van der Waals surface area (Å²) in [5, 5.41) is 0. The lowest BCUT2D eigenvalue weighted by Crippen LogP contribution is -2.35. The Kier molecular flexibility index (Phi) is 3.98. The van der Waals surface area contributed by atoms with Gasteiger partial charge in [0.1, 0.15) is 0 Å². The molecule has 1 aliphatic heterocycles. The molecule has 2 rings (SSSR count). The highest BCUT2D eigenvalue weighted by Gasteiger charge is 2.21. The van der Waals surface area contributed by atoms with E-state index in [1.54, 1.807) is 0 Å². The van der Waals surface area contributed by atoms with Crippen molar-refractivity contribution >= 4 is 0 Å². The third kappa shape index (κ3) is 2.85. The molecule has 0 spiro atoms. The normalized spacial score (nSPS) is 20.4. The number of hydrogen-bond acceptors (Lipinski definition) is 2. The molecule has 0 saturated carbocycles. The largest absolute Gasteiger partial charge is 0.329 e. The first-order valence-corrected chi connectivity index (χ1v) is 5.88. The quantitative estimate of drug-likeness (QED) is 0.755. The van der Waals surface area contributed by atoms with Gasteiger partial charge in [-0.15, -0.1) is 0 Å². The van der Waals surface area contributed by atoms with E-state index in [4.69, 9.17) is 5.73 Å². The average molecular weight is 214 g/mol. The lowest BCUT2D eigenvalue weighted by atomic mass is 10.2. The summed E-state index contributed by atoms with van der Waals surface area (Å²) < 4.78 is 0. The number of hydrogen-bond donors (Lipinski definition) is 1. The van der Waals surface area contributed by atoms with Crippen LogP contribution in [0.1, 0.15) is 18.4 Å². The molecule has 84 valence electrons. The van der Waals surface area contributed by atoms with Crippen LogP contribution >= 0.6 is 0 Å². The molecule has 1 atom stereocenters. The Labute approximate surface area is 97.4 Å². The molecule has 1 heterocycles. The van der Waals surface area contributed by atoms with Crippen molar-refractivity contribution in [2.45, 2.75) is 18.9 Å². The van der Waals surface area contributed by atoms with Crippen molar-refractivity contribution in [2.75, 3.05) is 19.6 Å². The fraction of sp³-hybridized carbons (Fsp3) is 0.429. The minimum Gasteiger partial charge on any atom is -0.329 e. The molecule has 2 heteroatoms. The third-order valence-corrected chi connectivity index (χ3v) is 3.06. The van der Waals surface area contributed by atoms with Crippen LogP contribution in [0.15, 0.2) is 30.3 Å². The maximum Gasteiger partial charge on any atom is 0.0608 e. The van der Waals surface area contributed by atoms with Gasteiger partial charge in [-0.3, -0.25) is 4.90 Å². The topological polar surface area (TPSA) is 29.3 Å². The van der Waals surface area contributed by atoms with Gasteiger partial charge >= 0.3 is 0 Å². The van der Waals surface area contributed by atoms with Crippen LogP contribution in [0, 0.1) is 11.8 Å². The lowest BCUT2D eigenvalue weighted by Gasteiger charge is -2.19. The zero-order valence-electron chi connectivity index (χ0n) is 9.52. The lowest BCUT2D eigenvalue weighted by molar-refractivity contribution is 0.290. The zero-order valence-corrected chi connectivity index (χ0v) is 9.52. The van der Waals surface area contributed by atoms with E-state index >= 15 is 0 Å². The van der Waals surface area contributed by atoms with Gasteiger partial charge in [-0.25, -0.2) is 0 Å². The van der Waals surface area contributed by atoms with Gasteiger partial charge in [0, 0.05) is 18.2 Å². The molecule has 1 unspecified atom stereocenters. The Morgan fingerprint density at radius 1 is 1.31 bits per heavy atom. The third-order valence-electron chi connectivity index (χ3n) is 3.06. The fourth-order valence-corrected chi connectivity index (χ4v) is 2.13. The molecule has 1 aromatic rings. The van der Waals surface area contributed by atoms with Gasteiger partial charge in [0.05, 0.1) is 6.54 Å². The molecule has 0 aliphatic carbocycles. The molecule has 1 fully saturated rings. The van der Waals surface area contributed by atoms with E-state index in [0.717, 1.165) is 25.2 Å². The first-order valence-electron chi connectivity index (χ1n) is 5.88. The Morgan fingerprint density at radius 3 is 2.88 bits per heavy atom. The van der Waals surface area contributed by atoms with Crippen LogP contribution in [-0.4, -0.2) is 30.6 Å². The maximum atomic E-state index is 5.72. The van der Waals surface area contributed by atoms with Gasteiger partial charge in [-0.05, 0) is 31.5 Å². The second-order valence-electron chi connectivity index (χ2n) is 4.17. The summed E-state index contributed by atoms with van der Waals surface area (Å²) >= 11 is 0. The van der Waals surface area contributed by atoms with E-state index in [0.29, 0.717) is 6.04 Å². The molecule has 2 nitrogen and oxygen atoms in total. The minimum absolute atomic E-state index is 0.546. The highest BCUT2D eigenvalue weighted by Crippen LogP contribution is 2.14. The zero-order chi connectivity index (χ0) is 11.2. The van der Waals surface area contributed by atoms with E-state index in [-0.39, 0.29) is 0 Å². The van der Waals surface area contributed by atoms with Gasteiger partial charge in [0.2, 0.25) is 0 Å². The van der Waals surface area contributed by atoms with E-state index in [1.807, 2.05) is 30.3 Å². The second kappa shape index (κ2) is 5.69. The Bertz CT molecular complexity index is 375. The van der Waals surface area contributed by atoms with Crippen LogP contribution in [-0.2, 0) is 0 Å². The molecule has 0 aromatic heterocycles. The monoisotopic (exact) mass is 214 g/mol. The van der Waals surface area contributed by atoms with Gasteiger partial charge in [-0.1, -0.05) is 30.0 Å². The number of nitrogens with two attached hydrogens (primary N) is 1. The van der Waals surface area contributed by atoms with Crippen LogP contribution in [0.3, 0.4) is 0 Å². The summed E-state index contributed by atoms with van der Waals surface area (Å²) in [6, 6.07) is 10.7. The van der Waals surface area contributed by atoms with Crippen molar-refractivity contribution in [3.8, 4) is 11.8 Å². The van der Waals surface area contributed by atoms with Crippen LogP contribution in [0.4, 0.5) is 0 Å². The predicted molar refractivity (Wildman–Crippen MR) is 67.0 cm³/mol. The maximum absolute atomic E-state index is 5.72. The molecule has 0 radical (unpaired) electrons. The molecule has 16 heavy (non-hydrogen) atoms. The summed E-state index contributed by atoms with van der Waals surface area (Å²) in [5.74, 6) is 6.41. The van der Waals surface area contributed by atoms with Crippen molar-refractivity contribution in [1.82, 2.24) is 4.90 Å². The Balaban J connectivity index is 1.90. The van der Waals surface area contributed by atoms with Crippen molar-refractivity contribution in [1.29, 1.82) is 0 Å². The minimum atomic E-state index is 0.546. The molecule has 1 aliphatic rings. The molecule has 2 N–H and O–H groups in total. The number of likely N-dealkylation sites (tertiary alicyclic amines) is 1. The van der Waals surface area contributed by atoms with Crippen LogP contribution in [0.25, 0.3) is 0 Å². The van der Waals surface area contributed by atoms with Crippen LogP contribution in [0.2, 0.25) is 0 Å². The van der Waals surface area contributed by atoms with Crippen molar-refractivity contribution in [3.05, 3.63) is 35.9 Å². The smallest absolute Gasteiger partial charge is 0.0608 e. The molecular weight excluding hydrogens is 196 g/mol. The van der Waals surface area contributed by atoms with Crippen molar-refractivity contribution < 1.29 is 0 Å². The van der Waals surface area contributed by atoms with E-state index in [9.17, 15) is 0 Å². The van der Waals surface area contributed by atoms with Crippen LogP contribution < -0.4 is 5.73 Å². The van der Waals surface area contributed by atoms with E-state index < -0.39 is 0 Å². The Hall–Kier alpha value is -1.30. The molecule has 1 saturated heterocycles. The highest BCUT2D eigenvalue weighted by atomic mass is 15.2. The summed E-state index contributed by atoms with van der Waals surface area (Å²) in [5.41, 5.74) is 6.81. The SMILES string of the molecule is NCC1CCCN1CC#Cc1ccccc1. The molecule has 1 aromatic carbocycles. The Morgan fingerprint density at radius 2 is 2.12 bits per heavy atom. The predicted octanol–water partition coefficient (Wildman–Crippen LogP) is 1.46. The fourth-order valence-electron chi connectivity index (χ4n) is 2.13. The van der Waals surface area contributed by atoms with Crippen LogP contribution in [0.5, 0.6) is 0 Å². The second-order valence-corrected chi connectivity index (χ2v) is 4.17. The number of nitrogens with zero attached hydrogens (tertiary/aromatic N) is 1. The summed E-state index contributed by atoms with van der Waals surface area (Å²) in [4.78, 5) is 2.38. The van der Waals surface area contributed by atoms with Gasteiger partial charge < -0.3 is 5.73 Å². The standard InChI is InChI=1S/C14H18N2/c15-12-14-9-5-11-16(14)10-4-8-13-6-2-1-3-7-13/h1-3,6-7,14H,5,9-12,15H2. The molecular formula is C14H18N2. The number of benzene rings is 1. The summed E-state index contributed by atoms with van der Waals surface area (Å²) in [7, 11) is 0. The first-order chi connectivity index (χ1) is 7.90. The van der Waals surface area contributed by atoms with E-state index in [1.165, 1.54) is 12.8 Å². The summed E-state index contributed by atoms with van der Waals surface area (Å²) in [6.45, 7) is 2.75. The highest BCUT2D eigenvalue weighted by molar-refractivity contribution is 5.33. The van der Waals surface area contributed by atoms with Gasteiger partial charge in [-0.2, -0.15) is 0 Å². The van der Waals surface area contributed by atoms with E-state index in [2.05, 4.69) is 16.7 Å². The average Bonchev–Trinajstić information content (AvgIpc) is 2.78. The molecule has 0 amide bonds. The summed E-state index contributed by atoms with van der Waals surface area (Å²) in [6.07, 6.45) is 2.48. The van der Waals surface area contributed by atoms with Crippen molar-refractivity contribution in [2.24, 2.45) is 5.73 Å².